The molecule has 0 saturated heterocycles. The number of aryl methyl sites for hydroxylation is 2. The van der Waals surface area contributed by atoms with Gasteiger partial charge in [0.25, 0.3) is 0 Å². The van der Waals surface area contributed by atoms with Gasteiger partial charge in [-0.3, -0.25) is 5.01 Å². The number of alkyl halides is 3. The second-order valence-electron chi connectivity index (χ2n) is 8.80. The van der Waals surface area contributed by atoms with Gasteiger partial charge in [0.15, 0.2) is 9.84 Å². The summed E-state index contributed by atoms with van der Waals surface area (Å²) in [7, 11) is -3.44. The van der Waals surface area contributed by atoms with Crippen LogP contribution in [0.3, 0.4) is 0 Å². The minimum atomic E-state index is -4.82. The summed E-state index contributed by atoms with van der Waals surface area (Å²) in [5.74, 6) is 6.92. The zero-order valence-electron chi connectivity index (χ0n) is 21.3. The van der Waals surface area contributed by atoms with Gasteiger partial charge in [0, 0.05) is 24.2 Å². The second-order valence-corrected chi connectivity index (χ2v) is 10.8. The molecular formula is C27H26F3N5O3S. The molecule has 0 amide bonds. The predicted octanol–water partition coefficient (Wildman–Crippen LogP) is 5.10. The van der Waals surface area contributed by atoms with E-state index < -0.39 is 16.2 Å². The second kappa shape index (κ2) is 10.5. The molecule has 8 nitrogen and oxygen atoms in total. The molecule has 4 rings (SSSR count). The molecule has 12 heteroatoms. The third-order valence-corrected chi connectivity index (χ3v) is 7.00. The maximum Gasteiger partial charge on any atom is 0.573 e. The minimum absolute atomic E-state index is 0.167. The average Bonchev–Trinajstić information content (AvgIpc) is 3.21. The van der Waals surface area contributed by atoms with Crippen LogP contribution in [-0.4, -0.2) is 30.6 Å². The van der Waals surface area contributed by atoms with Crippen LogP contribution in [-0.2, 0) is 9.84 Å². The number of halogens is 3. The molecule has 1 heterocycles. The quantitative estimate of drug-likeness (QED) is 0.240. The molecule has 1 aromatic heterocycles. The lowest BCUT2D eigenvalue weighted by Crippen LogP contribution is -2.31. The molecule has 0 radical (unpaired) electrons. The predicted molar refractivity (Wildman–Crippen MR) is 144 cm³/mol. The van der Waals surface area contributed by atoms with E-state index in [-0.39, 0.29) is 10.6 Å². The van der Waals surface area contributed by atoms with Gasteiger partial charge >= 0.3 is 6.36 Å². The average molecular weight is 558 g/mol. The van der Waals surface area contributed by atoms with Crippen molar-refractivity contribution in [1.29, 1.82) is 0 Å². The van der Waals surface area contributed by atoms with E-state index >= 15 is 0 Å². The molecule has 0 spiro atoms. The van der Waals surface area contributed by atoms with Gasteiger partial charge in [-0.2, -0.15) is 0 Å². The van der Waals surface area contributed by atoms with E-state index in [2.05, 4.69) is 9.72 Å². The first kappa shape index (κ1) is 27.7. The van der Waals surface area contributed by atoms with Gasteiger partial charge in [0.05, 0.1) is 27.7 Å². The van der Waals surface area contributed by atoms with Crippen LogP contribution in [0, 0.1) is 13.8 Å². The lowest BCUT2D eigenvalue weighted by atomic mass is 10.0. The normalized spacial score (nSPS) is 12.4. The fraction of sp³-hybridized carbons (Fsp3) is 0.148. The monoisotopic (exact) mass is 557 g/mol. The molecule has 0 aliphatic carbocycles. The van der Waals surface area contributed by atoms with E-state index in [1.54, 1.807) is 24.3 Å². The van der Waals surface area contributed by atoms with E-state index in [4.69, 9.17) is 11.6 Å². The van der Waals surface area contributed by atoms with Crippen LogP contribution in [0.5, 0.6) is 5.75 Å². The number of ether oxygens (including phenoxy) is 1. The minimum Gasteiger partial charge on any atom is -0.406 e. The Balaban J connectivity index is 1.83. The first-order valence-electron chi connectivity index (χ1n) is 11.6. The third-order valence-electron chi connectivity index (χ3n) is 5.89. The zero-order valence-corrected chi connectivity index (χ0v) is 22.1. The summed E-state index contributed by atoms with van der Waals surface area (Å²) in [4.78, 5) is 4.63. The Bertz CT molecular complexity index is 1650. The van der Waals surface area contributed by atoms with Crippen LogP contribution >= 0.6 is 0 Å². The van der Waals surface area contributed by atoms with Crippen molar-refractivity contribution in [2.24, 2.45) is 11.6 Å². The van der Waals surface area contributed by atoms with E-state index in [1.807, 2.05) is 36.7 Å². The van der Waals surface area contributed by atoms with E-state index in [1.165, 1.54) is 29.4 Å². The number of nitrogens with two attached hydrogens (primary N) is 2. The van der Waals surface area contributed by atoms with Gasteiger partial charge in [-0.15, -0.1) is 13.2 Å². The van der Waals surface area contributed by atoms with Gasteiger partial charge in [-0.05, 0) is 73.5 Å². The van der Waals surface area contributed by atoms with Gasteiger partial charge in [-0.25, -0.2) is 19.2 Å². The number of anilines is 1. The summed E-state index contributed by atoms with van der Waals surface area (Å²) in [5, 5.41) is 1.31. The summed E-state index contributed by atoms with van der Waals surface area (Å²) in [5.41, 5.74) is 9.90. The number of hydrogen-bond acceptors (Lipinski definition) is 7. The number of imidazole rings is 1. The molecule has 0 fully saturated rings. The number of benzene rings is 3. The smallest absolute Gasteiger partial charge is 0.406 e. The molecule has 204 valence electrons. The van der Waals surface area contributed by atoms with Crippen LogP contribution in [0.2, 0.25) is 0 Å². The number of aromatic nitrogens is 2. The van der Waals surface area contributed by atoms with Crippen molar-refractivity contribution in [1.82, 2.24) is 9.55 Å². The number of nitrogens with zero attached hydrogens (tertiary/aromatic N) is 3. The molecule has 0 saturated carbocycles. The van der Waals surface area contributed by atoms with Gasteiger partial charge in [0.1, 0.15) is 11.6 Å². The van der Waals surface area contributed by atoms with E-state index in [0.717, 1.165) is 24.1 Å². The Morgan fingerprint density at radius 2 is 1.69 bits per heavy atom. The molecule has 0 aliphatic rings. The van der Waals surface area contributed by atoms with Gasteiger partial charge < -0.3 is 15.0 Å². The fourth-order valence-electron chi connectivity index (χ4n) is 4.14. The van der Waals surface area contributed by atoms with Crippen molar-refractivity contribution >= 4 is 21.2 Å². The molecule has 3 aromatic carbocycles. The van der Waals surface area contributed by atoms with E-state index in [9.17, 15) is 21.6 Å². The Morgan fingerprint density at radius 3 is 2.26 bits per heavy atom. The zero-order chi connectivity index (χ0) is 28.5. The molecule has 0 bridgehead atoms. The highest BCUT2D eigenvalue weighted by atomic mass is 32.2. The highest BCUT2D eigenvalue weighted by molar-refractivity contribution is 7.90. The van der Waals surface area contributed by atoms with Crippen molar-refractivity contribution in [2.75, 3.05) is 11.3 Å². The molecule has 4 N–H and O–H groups in total. The Hall–Kier alpha value is -4.29. The molecule has 0 aliphatic heterocycles. The molecular weight excluding hydrogens is 531 g/mol. The van der Waals surface area contributed by atoms with Gasteiger partial charge in [0.2, 0.25) is 0 Å². The van der Waals surface area contributed by atoms with Crippen LogP contribution in [0.1, 0.15) is 17.1 Å². The van der Waals surface area contributed by atoms with Crippen molar-refractivity contribution in [3.05, 3.63) is 96.2 Å². The Morgan fingerprint density at radius 1 is 1.03 bits per heavy atom. The number of sulfone groups is 1. The topological polar surface area (TPSA) is 116 Å². The summed E-state index contributed by atoms with van der Waals surface area (Å²) in [6.45, 7) is 3.68. The lowest BCUT2D eigenvalue weighted by Gasteiger charge is -2.26. The number of hydrogen-bond donors (Lipinski definition) is 2. The molecule has 4 aromatic rings. The maximum atomic E-state index is 12.6. The summed E-state index contributed by atoms with van der Waals surface area (Å²) >= 11 is 0. The molecule has 0 unspecified atom stereocenters. The van der Waals surface area contributed by atoms with Crippen molar-refractivity contribution < 1.29 is 26.3 Å². The van der Waals surface area contributed by atoms with Crippen molar-refractivity contribution in [2.45, 2.75) is 25.1 Å². The van der Waals surface area contributed by atoms with Crippen LogP contribution < -0.4 is 21.3 Å². The summed E-state index contributed by atoms with van der Waals surface area (Å²) in [6.07, 6.45) is -0.609. The maximum absolute atomic E-state index is 12.6. The van der Waals surface area contributed by atoms with Crippen molar-refractivity contribution in [3.8, 4) is 22.6 Å². The SMILES string of the molecule is Cc1cn(-c2ccc(-c3cccc(S(C)(=O)=O)c3)cc2N(N)/C(=C\N)c2ccc(OC(F)(F)F)cc2)c(C)n1. The van der Waals surface area contributed by atoms with Crippen LogP contribution in [0.4, 0.5) is 18.9 Å². The van der Waals surface area contributed by atoms with E-state index in [0.29, 0.717) is 39.6 Å². The summed E-state index contributed by atoms with van der Waals surface area (Å²) in [6, 6.07) is 17.1. The fourth-order valence-corrected chi connectivity index (χ4v) is 4.81. The standard InChI is InChI=1S/C27H26F3N5O3S/c1-17-16-34(18(2)33-17)24-12-9-21(20-5-4-6-23(13-20)39(3,36)37)14-25(24)35(32)26(15-31)19-7-10-22(11-8-19)38-27(28,29)30/h4-16H,31-32H2,1-3H3/b26-15-. The Kier molecular flexibility index (Phi) is 7.44. The lowest BCUT2D eigenvalue weighted by molar-refractivity contribution is -0.274. The summed E-state index contributed by atoms with van der Waals surface area (Å²) < 4.78 is 67.9. The molecule has 39 heavy (non-hydrogen) atoms. The third kappa shape index (κ3) is 6.24. The number of rotatable bonds is 7. The van der Waals surface area contributed by atoms with Crippen LogP contribution in [0.15, 0.2) is 84.0 Å². The highest BCUT2D eigenvalue weighted by Gasteiger charge is 2.31. The highest BCUT2D eigenvalue weighted by Crippen LogP contribution is 2.35. The Labute approximate surface area is 223 Å². The van der Waals surface area contributed by atoms with Crippen LogP contribution in [0.25, 0.3) is 22.5 Å². The van der Waals surface area contributed by atoms with Crippen molar-refractivity contribution in [3.63, 3.8) is 0 Å². The largest absolute Gasteiger partial charge is 0.573 e. The first-order valence-corrected chi connectivity index (χ1v) is 13.5. The number of hydrazine groups is 1. The van der Waals surface area contributed by atoms with Gasteiger partial charge in [-0.1, -0.05) is 18.2 Å². The first-order chi connectivity index (χ1) is 18.3. The molecule has 0 atom stereocenters.